The number of aldehydes is 1. The van der Waals surface area contributed by atoms with Gasteiger partial charge in [0.2, 0.25) is 0 Å². The van der Waals surface area contributed by atoms with Crippen molar-refractivity contribution in [1.29, 1.82) is 0 Å². The monoisotopic (exact) mass is 194 g/mol. The Kier molecular flexibility index (Phi) is 3.14. The van der Waals surface area contributed by atoms with Crippen molar-refractivity contribution < 1.29 is 4.79 Å². The Balaban J connectivity index is 3.30. The second kappa shape index (κ2) is 3.16. The molecule has 0 heterocycles. The molecule has 0 aliphatic rings. The molecule has 0 aliphatic carbocycles. The molecule has 0 fully saturated rings. The molecule has 0 aromatic rings. The highest BCUT2D eigenvalue weighted by Crippen LogP contribution is 1.89. The Hall–Kier alpha value is -0.0400. The van der Waals surface area contributed by atoms with E-state index in [0.29, 0.717) is 0 Å². The minimum absolute atomic E-state index is 0.248. The van der Waals surface area contributed by atoms with E-state index in [4.69, 9.17) is 6.42 Å². The predicted molar refractivity (Wildman–Crippen MR) is 32.7 cm³/mol. The van der Waals surface area contributed by atoms with Crippen LogP contribution in [0.5, 0.6) is 0 Å². The van der Waals surface area contributed by atoms with Crippen molar-refractivity contribution in [1.82, 2.24) is 0 Å². The van der Waals surface area contributed by atoms with Crippen molar-refractivity contribution in [3.05, 3.63) is 0 Å². The van der Waals surface area contributed by atoms with Crippen molar-refractivity contribution in [3.63, 3.8) is 0 Å². The molecule has 0 radical (unpaired) electrons. The maximum Gasteiger partial charge on any atom is 0.144 e. The topological polar surface area (TPSA) is 17.1 Å². The Bertz CT molecular complexity index is 82.0. The molecule has 1 nitrogen and oxygen atoms in total. The van der Waals surface area contributed by atoms with Crippen LogP contribution >= 0.6 is 22.6 Å². The molecule has 0 N–H and O–H groups in total. The van der Waals surface area contributed by atoms with E-state index < -0.39 is 0 Å². The molecule has 0 aliphatic heterocycles. The van der Waals surface area contributed by atoms with Crippen molar-refractivity contribution in [3.8, 4) is 12.3 Å². The second-order valence-electron chi connectivity index (χ2n) is 0.705. The third kappa shape index (κ3) is 2.21. The molecule has 0 aromatic heterocycles. The fraction of sp³-hybridized carbons (Fsp3) is 0.250. The lowest BCUT2D eigenvalue weighted by Crippen LogP contribution is -1.90. The van der Waals surface area contributed by atoms with Crippen LogP contribution in [0, 0.1) is 12.3 Å². The summed E-state index contributed by atoms with van der Waals surface area (Å²) in [5.41, 5.74) is 0. The van der Waals surface area contributed by atoms with Gasteiger partial charge in [0.25, 0.3) is 0 Å². The Morgan fingerprint density at radius 3 is 2.50 bits per heavy atom. The Morgan fingerprint density at radius 2 is 2.50 bits per heavy atom. The van der Waals surface area contributed by atoms with Gasteiger partial charge >= 0.3 is 0 Å². The number of rotatable bonds is 1. The Morgan fingerprint density at radius 1 is 2.00 bits per heavy atom. The van der Waals surface area contributed by atoms with Crippen LogP contribution in [0.4, 0.5) is 0 Å². The molecule has 0 spiro atoms. The van der Waals surface area contributed by atoms with Crippen molar-refractivity contribution in [2.24, 2.45) is 0 Å². The van der Waals surface area contributed by atoms with Crippen molar-refractivity contribution in [2.75, 3.05) is 0 Å². The Labute approximate surface area is 50.3 Å². The first-order valence-corrected chi connectivity index (χ1v) is 2.61. The summed E-state index contributed by atoms with van der Waals surface area (Å²) in [6.45, 7) is 0. The van der Waals surface area contributed by atoms with Gasteiger partial charge in [-0.1, -0.05) is 28.5 Å². The average Bonchev–Trinajstić information content (AvgIpc) is 1.65. The third-order valence-corrected chi connectivity index (χ3v) is 0.932. The third-order valence-electron chi connectivity index (χ3n) is 0.279. The predicted octanol–water partition coefficient (Wildman–Crippen LogP) is 0.622. The van der Waals surface area contributed by atoms with Gasteiger partial charge in [0.05, 0.1) is 0 Å². The molecule has 0 bridgehead atoms. The molecular formula is C4H3IO. The van der Waals surface area contributed by atoms with Crippen LogP contribution in [0.3, 0.4) is 0 Å². The van der Waals surface area contributed by atoms with Crippen LogP contribution in [-0.4, -0.2) is 10.2 Å². The van der Waals surface area contributed by atoms with E-state index >= 15 is 0 Å². The van der Waals surface area contributed by atoms with Crippen LogP contribution < -0.4 is 0 Å². The molecular weight excluding hydrogens is 191 g/mol. The minimum Gasteiger partial charge on any atom is -0.301 e. The second-order valence-corrected chi connectivity index (χ2v) is 2.05. The molecule has 0 saturated heterocycles. The highest BCUT2D eigenvalue weighted by atomic mass is 127. The van der Waals surface area contributed by atoms with Crippen molar-refractivity contribution in [2.45, 2.75) is 3.92 Å². The fourth-order valence-corrected chi connectivity index (χ4v) is 0.0393. The molecule has 1 atom stereocenters. The van der Waals surface area contributed by atoms with Gasteiger partial charge in [-0.15, -0.1) is 6.42 Å². The smallest absolute Gasteiger partial charge is 0.144 e. The van der Waals surface area contributed by atoms with Gasteiger partial charge in [0.1, 0.15) is 10.2 Å². The van der Waals surface area contributed by atoms with E-state index in [1.54, 1.807) is 0 Å². The summed E-state index contributed by atoms with van der Waals surface area (Å²) in [5, 5.41) is 0. The molecule has 0 rings (SSSR count). The summed E-state index contributed by atoms with van der Waals surface area (Å²) in [5.74, 6) is 2.23. The highest BCUT2D eigenvalue weighted by molar-refractivity contribution is 14.1. The first-order chi connectivity index (χ1) is 2.81. The van der Waals surface area contributed by atoms with Crippen LogP contribution in [0.15, 0.2) is 0 Å². The van der Waals surface area contributed by atoms with Gasteiger partial charge in [0, 0.05) is 0 Å². The first-order valence-electron chi connectivity index (χ1n) is 1.36. The standard InChI is InChI=1S/C4H3IO/c1-2-4(5)3-6/h1,3-4H. The summed E-state index contributed by atoms with van der Waals surface area (Å²) in [6.07, 6.45) is 5.52. The molecule has 1 unspecified atom stereocenters. The lowest BCUT2D eigenvalue weighted by atomic mass is 10.5. The van der Waals surface area contributed by atoms with E-state index in [2.05, 4.69) is 5.92 Å². The van der Waals surface area contributed by atoms with Crippen LogP contribution in [0.2, 0.25) is 0 Å². The number of hydrogen-bond donors (Lipinski definition) is 0. The molecule has 2 heteroatoms. The number of halogens is 1. The number of carbonyl (C=O) groups excluding carboxylic acids is 1. The summed E-state index contributed by atoms with van der Waals surface area (Å²) in [4.78, 5) is 9.59. The lowest BCUT2D eigenvalue weighted by molar-refractivity contribution is -0.106. The summed E-state index contributed by atoms with van der Waals surface area (Å²) >= 11 is 1.87. The van der Waals surface area contributed by atoms with Gasteiger partial charge in [0.15, 0.2) is 0 Å². The molecule has 0 saturated carbocycles. The SMILES string of the molecule is C#CC(I)C=O. The van der Waals surface area contributed by atoms with Gasteiger partial charge < -0.3 is 4.79 Å². The quantitative estimate of drug-likeness (QED) is 0.259. The lowest BCUT2D eigenvalue weighted by Gasteiger charge is -1.77. The van der Waals surface area contributed by atoms with Crippen LogP contribution in [0.25, 0.3) is 0 Å². The molecule has 32 valence electrons. The van der Waals surface area contributed by atoms with E-state index in [0.717, 1.165) is 6.29 Å². The summed E-state index contributed by atoms with van der Waals surface area (Å²) < 4.78 is -0.248. The maximum absolute atomic E-state index is 9.59. The number of alkyl halides is 1. The summed E-state index contributed by atoms with van der Waals surface area (Å²) in [7, 11) is 0. The van der Waals surface area contributed by atoms with Gasteiger partial charge in [-0.3, -0.25) is 0 Å². The highest BCUT2D eigenvalue weighted by Gasteiger charge is 1.87. The largest absolute Gasteiger partial charge is 0.301 e. The zero-order valence-corrected chi connectivity index (χ0v) is 5.18. The minimum atomic E-state index is -0.248. The number of carbonyl (C=O) groups is 1. The van der Waals surface area contributed by atoms with E-state index in [1.807, 2.05) is 22.6 Å². The fourth-order valence-electron chi connectivity index (χ4n) is 0.0393. The maximum atomic E-state index is 9.59. The van der Waals surface area contributed by atoms with Gasteiger partial charge in [-0.25, -0.2) is 0 Å². The van der Waals surface area contributed by atoms with E-state index in [1.165, 1.54) is 0 Å². The summed E-state index contributed by atoms with van der Waals surface area (Å²) in [6, 6.07) is 0. The molecule has 6 heavy (non-hydrogen) atoms. The zero-order chi connectivity index (χ0) is 4.99. The zero-order valence-electron chi connectivity index (χ0n) is 3.02. The van der Waals surface area contributed by atoms with Crippen LogP contribution in [0.1, 0.15) is 0 Å². The van der Waals surface area contributed by atoms with Crippen molar-refractivity contribution >= 4 is 28.9 Å². The normalized spacial score (nSPS) is 12.0. The number of hydrogen-bond acceptors (Lipinski definition) is 1. The van der Waals surface area contributed by atoms with E-state index in [-0.39, 0.29) is 3.92 Å². The van der Waals surface area contributed by atoms with Gasteiger partial charge in [-0.2, -0.15) is 0 Å². The molecule has 0 amide bonds. The average molecular weight is 194 g/mol. The van der Waals surface area contributed by atoms with Gasteiger partial charge in [-0.05, 0) is 0 Å². The van der Waals surface area contributed by atoms with Crippen LogP contribution in [-0.2, 0) is 4.79 Å². The molecule has 0 aromatic carbocycles. The van der Waals surface area contributed by atoms with E-state index in [9.17, 15) is 4.79 Å². The first kappa shape index (κ1) is 5.96. The number of terminal acetylenes is 1.